The van der Waals surface area contributed by atoms with Crippen LogP contribution in [-0.2, 0) is 4.74 Å². The summed E-state index contributed by atoms with van der Waals surface area (Å²) in [5.41, 5.74) is 5.45. The first kappa shape index (κ1) is 15.0. The van der Waals surface area contributed by atoms with E-state index in [0.717, 1.165) is 4.90 Å². The third-order valence-corrected chi connectivity index (χ3v) is 4.74. The van der Waals surface area contributed by atoms with Crippen LogP contribution in [0, 0.1) is 0 Å². The largest absolute Gasteiger partial charge is 0.461 e. The molecule has 0 saturated heterocycles. The van der Waals surface area contributed by atoms with Crippen LogP contribution >= 0.6 is 12.6 Å². The van der Waals surface area contributed by atoms with Gasteiger partial charge in [-0.2, -0.15) is 0 Å². The van der Waals surface area contributed by atoms with E-state index in [1.807, 2.05) is 24.3 Å². The van der Waals surface area contributed by atoms with Crippen molar-refractivity contribution in [3.63, 3.8) is 0 Å². The minimum absolute atomic E-state index is 0.0884. The molecular weight excluding hydrogens is 316 g/mol. The second kappa shape index (κ2) is 6.17. The van der Waals surface area contributed by atoms with E-state index >= 15 is 0 Å². The zero-order valence-electron chi connectivity index (χ0n) is 13.0. The van der Waals surface area contributed by atoms with Crippen molar-refractivity contribution in [1.29, 1.82) is 0 Å². The van der Waals surface area contributed by atoms with Gasteiger partial charge >= 0.3 is 5.97 Å². The fourth-order valence-electron chi connectivity index (χ4n) is 3.28. The molecule has 0 bridgehead atoms. The molecule has 0 aliphatic heterocycles. The molecular formula is C21H16O2S. The van der Waals surface area contributed by atoms with Crippen LogP contribution in [0.5, 0.6) is 0 Å². The maximum atomic E-state index is 12.3. The molecule has 118 valence electrons. The lowest BCUT2D eigenvalue weighted by Crippen LogP contribution is -2.12. The SMILES string of the molecule is O=C(OCC1c2ccccc2-c2ccccc21)c1ccc(S)cc1. The van der Waals surface area contributed by atoms with Gasteiger partial charge in [-0.15, -0.1) is 12.6 Å². The number of ether oxygens (including phenoxy) is 1. The molecule has 0 fully saturated rings. The maximum absolute atomic E-state index is 12.3. The van der Waals surface area contributed by atoms with Gasteiger partial charge in [-0.25, -0.2) is 4.79 Å². The standard InChI is InChI=1S/C21H16O2S/c22-21(14-9-11-15(24)12-10-14)23-13-20-18-7-3-1-5-16(18)17-6-2-4-8-19(17)20/h1-12,20,24H,13H2. The molecule has 24 heavy (non-hydrogen) atoms. The van der Waals surface area contributed by atoms with Gasteiger partial charge in [-0.1, -0.05) is 48.5 Å². The van der Waals surface area contributed by atoms with E-state index in [1.54, 1.807) is 24.3 Å². The Morgan fingerprint density at radius 1 is 0.833 bits per heavy atom. The lowest BCUT2D eigenvalue weighted by atomic mass is 9.98. The second-order valence-corrected chi connectivity index (χ2v) is 6.39. The van der Waals surface area contributed by atoms with Gasteiger partial charge in [0.15, 0.2) is 0 Å². The number of hydrogen-bond acceptors (Lipinski definition) is 3. The molecule has 3 aromatic carbocycles. The zero-order chi connectivity index (χ0) is 16.5. The summed E-state index contributed by atoms with van der Waals surface area (Å²) in [5.74, 6) is -0.212. The fourth-order valence-corrected chi connectivity index (χ4v) is 3.43. The molecule has 2 nitrogen and oxygen atoms in total. The third-order valence-electron chi connectivity index (χ3n) is 4.45. The Morgan fingerprint density at radius 2 is 1.38 bits per heavy atom. The van der Waals surface area contributed by atoms with Crippen molar-refractivity contribution >= 4 is 18.6 Å². The summed E-state index contributed by atoms with van der Waals surface area (Å²) in [6.07, 6.45) is 0. The van der Waals surface area contributed by atoms with Gasteiger partial charge in [0.2, 0.25) is 0 Å². The van der Waals surface area contributed by atoms with E-state index in [2.05, 4.69) is 36.9 Å². The lowest BCUT2D eigenvalue weighted by Gasteiger charge is -2.14. The van der Waals surface area contributed by atoms with Gasteiger partial charge in [-0.3, -0.25) is 0 Å². The number of carbonyl (C=O) groups excluding carboxylic acids is 1. The van der Waals surface area contributed by atoms with Crippen LogP contribution in [0.15, 0.2) is 77.7 Å². The first-order valence-corrected chi connectivity index (χ1v) is 8.33. The van der Waals surface area contributed by atoms with E-state index in [-0.39, 0.29) is 11.9 Å². The first-order chi connectivity index (χ1) is 11.7. The summed E-state index contributed by atoms with van der Waals surface area (Å²) >= 11 is 4.23. The molecule has 0 heterocycles. The van der Waals surface area contributed by atoms with Gasteiger partial charge in [-0.05, 0) is 46.5 Å². The summed E-state index contributed by atoms with van der Waals surface area (Å²) in [6.45, 7) is 0.343. The molecule has 0 N–H and O–H groups in total. The van der Waals surface area contributed by atoms with Crippen molar-refractivity contribution in [2.45, 2.75) is 10.8 Å². The molecule has 3 aromatic rings. The van der Waals surface area contributed by atoms with Gasteiger partial charge in [0.25, 0.3) is 0 Å². The topological polar surface area (TPSA) is 26.3 Å². The van der Waals surface area contributed by atoms with Crippen molar-refractivity contribution in [3.8, 4) is 11.1 Å². The highest BCUT2D eigenvalue weighted by Gasteiger charge is 2.29. The molecule has 4 rings (SSSR count). The minimum atomic E-state index is -0.301. The van der Waals surface area contributed by atoms with Crippen LogP contribution in [0.2, 0.25) is 0 Å². The third kappa shape index (κ3) is 2.61. The van der Waals surface area contributed by atoms with Crippen LogP contribution in [0.3, 0.4) is 0 Å². The van der Waals surface area contributed by atoms with Crippen molar-refractivity contribution in [2.75, 3.05) is 6.61 Å². The average Bonchev–Trinajstić information content (AvgIpc) is 2.94. The fraction of sp³-hybridized carbons (Fsp3) is 0.0952. The second-order valence-electron chi connectivity index (χ2n) is 5.87. The van der Waals surface area contributed by atoms with Crippen LogP contribution in [0.4, 0.5) is 0 Å². The normalized spacial score (nSPS) is 12.5. The monoisotopic (exact) mass is 332 g/mol. The van der Waals surface area contributed by atoms with Gasteiger partial charge in [0.05, 0.1) is 5.56 Å². The number of benzene rings is 3. The minimum Gasteiger partial charge on any atom is -0.461 e. The Morgan fingerprint density at radius 3 is 1.96 bits per heavy atom. The molecule has 1 aliphatic carbocycles. The van der Waals surface area contributed by atoms with E-state index < -0.39 is 0 Å². The Labute approximate surface area is 146 Å². The number of hydrogen-bond donors (Lipinski definition) is 1. The predicted octanol–water partition coefficient (Wildman–Crippen LogP) is 4.94. The summed E-state index contributed by atoms with van der Waals surface area (Å²) < 4.78 is 5.60. The smallest absolute Gasteiger partial charge is 0.338 e. The first-order valence-electron chi connectivity index (χ1n) is 7.88. The van der Waals surface area contributed by atoms with E-state index in [9.17, 15) is 4.79 Å². The van der Waals surface area contributed by atoms with Crippen LogP contribution in [-0.4, -0.2) is 12.6 Å². The molecule has 0 radical (unpaired) electrons. The summed E-state index contributed by atoms with van der Waals surface area (Å²) in [4.78, 5) is 13.1. The van der Waals surface area contributed by atoms with Crippen molar-refractivity contribution in [1.82, 2.24) is 0 Å². The number of esters is 1. The molecule has 0 spiro atoms. The number of rotatable bonds is 3. The molecule has 0 unspecified atom stereocenters. The Kier molecular flexibility index (Phi) is 3.87. The Bertz CT molecular complexity index is 854. The van der Waals surface area contributed by atoms with Crippen molar-refractivity contribution in [3.05, 3.63) is 89.5 Å². The Balaban J connectivity index is 1.58. The number of fused-ring (bicyclic) bond motifs is 3. The van der Waals surface area contributed by atoms with Gasteiger partial charge in [0, 0.05) is 10.8 Å². The van der Waals surface area contributed by atoms with Gasteiger partial charge < -0.3 is 4.74 Å². The molecule has 0 atom stereocenters. The maximum Gasteiger partial charge on any atom is 0.338 e. The summed E-state index contributed by atoms with van der Waals surface area (Å²) in [5, 5.41) is 0. The van der Waals surface area contributed by atoms with E-state index in [1.165, 1.54) is 22.3 Å². The highest BCUT2D eigenvalue weighted by Crippen LogP contribution is 2.44. The van der Waals surface area contributed by atoms with E-state index in [4.69, 9.17) is 4.74 Å². The molecule has 0 amide bonds. The predicted molar refractivity (Wildman–Crippen MR) is 97.7 cm³/mol. The highest BCUT2D eigenvalue weighted by molar-refractivity contribution is 7.80. The summed E-state index contributed by atoms with van der Waals surface area (Å²) in [6, 6.07) is 23.7. The van der Waals surface area contributed by atoms with Gasteiger partial charge in [0.1, 0.15) is 6.61 Å². The van der Waals surface area contributed by atoms with E-state index in [0.29, 0.717) is 12.2 Å². The van der Waals surface area contributed by atoms with Crippen molar-refractivity contribution < 1.29 is 9.53 Å². The molecule has 3 heteroatoms. The van der Waals surface area contributed by atoms with Crippen molar-refractivity contribution in [2.24, 2.45) is 0 Å². The van der Waals surface area contributed by atoms with Crippen LogP contribution in [0.1, 0.15) is 27.4 Å². The number of thiol groups is 1. The number of carbonyl (C=O) groups is 1. The van der Waals surface area contributed by atoms with Crippen LogP contribution < -0.4 is 0 Å². The highest BCUT2D eigenvalue weighted by atomic mass is 32.1. The van der Waals surface area contributed by atoms with Crippen LogP contribution in [0.25, 0.3) is 11.1 Å². The zero-order valence-corrected chi connectivity index (χ0v) is 13.9. The quantitative estimate of drug-likeness (QED) is 0.543. The summed E-state index contributed by atoms with van der Waals surface area (Å²) in [7, 11) is 0. The molecule has 1 aliphatic rings. The average molecular weight is 332 g/mol. The molecule has 0 aromatic heterocycles. The molecule has 0 saturated carbocycles. The lowest BCUT2D eigenvalue weighted by molar-refractivity contribution is 0.0493. The Hall–Kier alpha value is -2.52.